The average molecular weight is 468 g/mol. The number of piperidine rings is 1. The molecule has 1 aliphatic rings. The van der Waals surface area contributed by atoms with Gasteiger partial charge in [0.1, 0.15) is 5.76 Å². The Labute approximate surface area is 194 Å². The van der Waals surface area contributed by atoms with Crippen molar-refractivity contribution >= 4 is 21.6 Å². The van der Waals surface area contributed by atoms with Gasteiger partial charge < -0.3 is 9.73 Å². The minimum absolute atomic E-state index is 0.0613. The number of rotatable bonds is 6. The summed E-state index contributed by atoms with van der Waals surface area (Å²) in [5.41, 5.74) is 1.95. The number of carbonyl (C=O) groups is 1. The maximum Gasteiger partial charge on any atom is 0.243 e. The maximum atomic E-state index is 13.0. The summed E-state index contributed by atoms with van der Waals surface area (Å²) in [7, 11) is -3.55. The molecule has 174 valence electrons. The van der Waals surface area contributed by atoms with E-state index in [-0.39, 0.29) is 17.2 Å². The van der Waals surface area contributed by atoms with E-state index in [1.165, 1.54) is 0 Å². The molecule has 4 rings (SSSR count). The highest BCUT2D eigenvalue weighted by Crippen LogP contribution is 2.27. The van der Waals surface area contributed by atoms with Gasteiger partial charge in [-0.05, 0) is 61.6 Å². The van der Waals surface area contributed by atoms with Gasteiger partial charge in [0.25, 0.3) is 0 Å². The van der Waals surface area contributed by atoms with Crippen molar-refractivity contribution in [2.24, 2.45) is 11.8 Å². The number of aromatic nitrogens is 1. The lowest BCUT2D eigenvalue weighted by molar-refractivity contribution is -0.115. The van der Waals surface area contributed by atoms with Gasteiger partial charge in [-0.2, -0.15) is 4.31 Å². The van der Waals surface area contributed by atoms with Crippen LogP contribution in [0.4, 0.5) is 5.69 Å². The highest BCUT2D eigenvalue weighted by atomic mass is 32.2. The summed E-state index contributed by atoms with van der Waals surface area (Å²) >= 11 is 0. The predicted molar refractivity (Wildman–Crippen MR) is 127 cm³/mol. The molecule has 2 unspecified atom stereocenters. The zero-order chi connectivity index (χ0) is 23.6. The normalized spacial score (nSPS) is 19.4. The van der Waals surface area contributed by atoms with Crippen LogP contribution in [0.2, 0.25) is 0 Å². The highest BCUT2D eigenvalue weighted by molar-refractivity contribution is 7.89. The molecule has 1 N–H and O–H groups in total. The summed E-state index contributed by atoms with van der Waals surface area (Å²) in [4.78, 5) is 17.3. The van der Waals surface area contributed by atoms with E-state index in [1.807, 2.05) is 30.3 Å². The van der Waals surface area contributed by atoms with Crippen LogP contribution in [-0.4, -0.2) is 36.7 Å². The highest BCUT2D eigenvalue weighted by Gasteiger charge is 2.31. The van der Waals surface area contributed by atoms with Gasteiger partial charge in [-0.1, -0.05) is 32.0 Å². The molecule has 0 spiro atoms. The van der Waals surface area contributed by atoms with Crippen LogP contribution in [0.5, 0.6) is 0 Å². The fraction of sp³-hybridized carbons (Fsp3) is 0.360. The minimum atomic E-state index is -3.55. The molecule has 3 aromatic rings. The summed E-state index contributed by atoms with van der Waals surface area (Å²) in [6.45, 7) is 7.01. The molecule has 0 saturated carbocycles. The van der Waals surface area contributed by atoms with Crippen LogP contribution in [-0.2, 0) is 21.2 Å². The SMILES string of the molecule is Cc1oc(-c2ccccc2)nc1CC(=O)Nc1ccc(S(=O)(=O)N2CC(C)CC(C)C2)cc1. The molecule has 1 aromatic heterocycles. The molecule has 0 aliphatic carbocycles. The fourth-order valence-electron chi connectivity index (χ4n) is 4.31. The molecular weight excluding hydrogens is 438 g/mol. The van der Waals surface area contributed by atoms with Crippen molar-refractivity contribution in [1.82, 2.24) is 9.29 Å². The maximum absolute atomic E-state index is 13.0. The molecule has 0 radical (unpaired) electrons. The van der Waals surface area contributed by atoms with Gasteiger partial charge in [0, 0.05) is 24.3 Å². The van der Waals surface area contributed by atoms with Crippen LogP contribution in [0.25, 0.3) is 11.5 Å². The Morgan fingerprint density at radius 1 is 1.06 bits per heavy atom. The Morgan fingerprint density at radius 2 is 1.70 bits per heavy atom. The van der Waals surface area contributed by atoms with Crippen molar-refractivity contribution in [2.45, 2.75) is 38.5 Å². The molecule has 1 amide bonds. The Hall–Kier alpha value is -2.97. The third kappa shape index (κ3) is 5.34. The first-order valence-corrected chi connectivity index (χ1v) is 12.6. The van der Waals surface area contributed by atoms with E-state index < -0.39 is 10.0 Å². The van der Waals surface area contributed by atoms with Crippen LogP contribution < -0.4 is 5.32 Å². The van der Waals surface area contributed by atoms with Gasteiger partial charge in [-0.15, -0.1) is 0 Å². The van der Waals surface area contributed by atoms with Gasteiger partial charge in [0.2, 0.25) is 21.8 Å². The lowest BCUT2D eigenvalue weighted by atomic mass is 9.94. The second kappa shape index (κ2) is 9.49. The van der Waals surface area contributed by atoms with Crippen molar-refractivity contribution in [2.75, 3.05) is 18.4 Å². The number of carbonyl (C=O) groups excluding carboxylic acids is 1. The molecule has 1 fully saturated rings. The molecule has 0 bridgehead atoms. The van der Waals surface area contributed by atoms with Crippen molar-refractivity contribution in [3.63, 3.8) is 0 Å². The molecule has 2 heterocycles. The second-order valence-corrected chi connectivity index (χ2v) is 10.8. The van der Waals surface area contributed by atoms with Crippen molar-refractivity contribution in [3.05, 3.63) is 66.1 Å². The van der Waals surface area contributed by atoms with Gasteiger partial charge in [-0.25, -0.2) is 13.4 Å². The van der Waals surface area contributed by atoms with E-state index in [4.69, 9.17) is 4.42 Å². The number of nitrogens with one attached hydrogen (secondary N) is 1. The number of nitrogens with zero attached hydrogens (tertiary/aromatic N) is 2. The summed E-state index contributed by atoms with van der Waals surface area (Å²) in [5.74, 6) is 1.50. The molecule has 7 nitrogen and oxygen atoms in total. The first-order chi connectivity index (χ1) is 15.7. The largest absolute Gasteiger partial charge is 0.441 e. The lowest BCUT2D eigenvalue weighted by Crippen LogP contribution is -2.42. The first-order valence-electron chi connectivity index (χ1n) is 11.1. The Kier molecular flexibility index (Phi) is 6.67. The Balaban J connectivity index is 1.41. The topological polar surface area (TPSA) is 92.5 Å². The third-order valence-electron chi connectivity index (χ3n) is 5.85. The summed E-state index contributed by atoms with van der Waals surface area (Å²) in [6, 6.07) is 15.8. The summed E-state index contributed by atoms with van der Waals surface area (Å²) in [5, 5.41) is 2.81. The lowest BCUT2D eigenvalue weighted by Gasteiger charge is -2.34. The molecular formula is C25H29N3O4S. The number of oxazole rings is 1. The van der Waals surface area contributed by atoms with E-state index in [9.17, 15) is 13.2 Å². The molecule has 8 heteroatoms. The monoisotopic (exact) mass is 467 g/mol. The number of aryl methyl sites for hydroxylation is 1. The number of benzene rings is 2. The van der Waals surface area contributed by atoms with Crippen LogP contribution >= 0.6 is 0 Å². The van der Waals surface area contributed by atoms with Crippen LogP contribution in [0, 0.1) is 18.8 Å². The number of hydrogen-bond donors (Lipinski definition) is 1. The van der Waals surface area contributed by atoms with E-state index in [2.05, 4.69) is 24.1 Å². The number of hydrogen-bond acceptors (Lipinski definition) is 5. The third-order valence-corrected chi connectivity index (χ3v) is 7.70. The van der Waals surface area contributed by atoms with E-state index in [1.54, 1.807) is 35.5 Å². The quantitative estimate of drug-likeness (QED) is 0.576. The summed E-state index contributed by atoms with van der Waals surface area (Å²) < 4.78 is 33.3. The van der Waals surface area contributed by atoms with Gasteiger partial charge in [0.05, 0.1) is 17.0 Å². The summed E-state index contributed by atoms with van der Waals surface area (Å²) in [6.07, 6.45) is 1.10. The van der Waals surface area contributed by atoms with Gasteiger partial charge in [-0.3, -0.25) is 4.79 Å². The standard InChI is InChI=1S/C25H29N3O4S/c1-17-13-18(2)16-28(15-17)33(30,31)22-11-9-21(10-12-22)26-24(29)14-23-19(3)32-25(27-23)20-7-5-4-6-8-20/h4-12,17-18H,13-16H2,1-3H3,(H,26,29). The van der Waals surface area contributed by atoms with E-state index in [0.29, 0.717) is 48.0 Å². The molecule has 2 atom stereocenters. The molecule has 1 aliphatic heterocycles. The first kappa shape index (κ1) is 23.2. The van der Waals surface area contributed by atoms with Gasteiger partial charge >= 0.3 is 0 Å². The predicted octanol–water partition coefficient (Wildman–Crippen LogP) is 4.50. The van der Waals surface area contributed by atoms with Crippen molar-refractivity contribution < 1.29 is 17.6 Å². The molecule has 33 heavy (non-hydrogen) atoms. The molecule has 1 saturated heterocycles. The Bertz CT molecular complexity index is 1210. The van der Waals surface area contributed by atoms with Crippen LogP contribution in [0.15, 0.2) is 63.9 Å². The number of amides is 1. The van der Waals surface area contributed by atoms with Crippen molar-refractivity contribution in [1.29, 1.82) is 0 Å². The minimum Gasteiger partial charge on any atom is -0.441 e. The number of anilines is 1. The zero-order valence-corrected chi connectivity index (χ0v) is 19.9. The van der Waals surface area contributed by atoms with E-state index >= 15 is 0 Å². The Morgan fingerprint density at radius 3 is 2.33 bits per heavy atom. The second-order valence-electron chi connectivity index (χ2n) is 8.91. The van der Waals surface area contributed by atoms with Crippen molar-refractivity contribution in [3.8, 4) is 11.5 Å². The fourth-order valence-corrected chi connectivity index (χ4v) is 5.99. The number of sulfonamides is 1. The smallest absolute Gasteiger partial charge is 0.243 e. The van der Waals surface area contributed by atoms with E-state index in [0.717, 1.165) is 12.0 Å². The van der Waals surface area contributed by atoms with Crippen LogP contribution in [0.3, 0.4) is 0 Å². The van der Waals surface area contributed by atoms with Gasteiger partial charge in [0.15, 0.2) is 0 Å². The zero-order valence-electron chi connectivity index (χ0n) is 19.1. The molecule has 2 aromatic carbocycles. The average Bonchev–Trinajstić information content (AvgIpc) is 3.14. The van der Waals surface area contributed by atoms with Crippen LogP contribution in [0.1, 0.15) is 31.7 Å².